The summed E-state index contributed by atoms with van der Waals surface area (Å²) < 4.78 is 1.71. The van der Waals surface area contributed by atoms with E-state index in [-0.39, 0.29) is 17.8 Å². The van der Waals surface area contributed by atoms with Gasteiger partial charge in [-0.05, 0) is 36.8 Å². The van der Waals surface area contributed by atoms with Gasteiger partial charge in [0.05, 0.1) is 22.3 Å². The molecule has 0 spiro atoms. The first kappa shape index (κ1) is 17.4. The fourth-order valence-electron chi connectivity index (χ4n) is 3.29. The fourth-order valence-corrected chi connectivity index (χ4v) is 3.69. The number of aromatic nitrogens is 2. The molecule has 0 saturated heterocycles. The molecule has 0 radical (unpaired) electrons. The van der Waals surface area contributed by atoms with E-state index < -0.39 is 4.92 Å². The van der Waals surface area contributed by atoms with Gasteiger partial charge in [-0.15, -0.1) is 0 Å². The first-order valence-corrected chi connectivity index (χ1v) is 8.87. The Hall–Kier alpha value is -3.06. The van der Waals surface area contributed by atoms with E-state index in [1.165, 1.54) is 12.1 Å². The Bertz CT molecular complexity index is 1010. The predicted molar refractivity (Wildman–Crippen MR) is 101 cm³/mol. The van der Waals surface area contributed by atoms with Gasteiger partial charge in [-0.2, -0.15) is 15.3 Å². The van der Waals surface area contributed by atoms with Crippen molar-refractivity contribution in [3.05, 3.63) is 86.7 Å². The first-order valence-electron chi connectivity index (χ1n) is 8.49. The van der Waals surface area contributed by atoms with Crippen LogP contribution in [0.4, 0.5) is 5.69 Å². The highest BCUT2D eigenvalue weighted by Crippen LogP contribution is 2.42. The monoisotopic (exact) mass is 381 g/mol. The Morgan fingerprint density at radius 1 is 1.07 bits per heavy atom. The van der Waals surface area contributed by atoms with Crippen LogP contribution in [0, 0.1) is 17.0 Å². The number of halogens is 1. The number of non-ortho nitro benzene ring substituents is 1. The Balaban J connectivity index is 1.59. The van der Waals surface area contributed by atoms with Crippen molar-refractivity contribution in [1.82, 2.24) is 9.78 Å². The Kier molecular flexibility index (Phi) is 4.45. The molecule has 0 fully saturated rings. The number of hydrogen-bond donors (Lipinski definition) is 0. The van der Waals surface area contributed by atoms with Crippen LogP contribution in [-0.4, -0.2) is 14.7 Å². The first-order chi connectivity index (χ1) is 13.0. The highest BCUT2D eigenvalue weighted by Gasteiger charge is 2.30. The molecule has 7 nitrogen and oxygen atoms in total. The van der Waals surface area contributed by atoms with E-state index in [1.807, 2.05) is 37.3 Å². The van der Waals surface area contributed by atoms with Crippen molar-refractivity contribution >= 4 is 17.3 Å². The number of azo groups is 1. The summed E-state index contributed by atoms with van der Waals surface area (Å²) in [6, 6.07) is 15.8. The molecule has 1 aliphatic heterocycles. The number of benzene rings is 2. The van der Waals surface area contributed by atoms with Crippen molar-refractivity contribution in [2.24, 2.45) is 10.2 Å². The number of aryl methyl sites for hydroxylation is 1. The number of nitro groups is 1. The Morgan fingerprint density at radius 3 is 2.41 bits per heavy atom. The largest absolute Gasteiger partial charge is 0.269 e. The van der Waals surface area contributed by atoms with Crippen LogP contribution < -0.4 is 0 Å². The van der Waals surface area contributed by atoms with Crippen molar-refractivity contribution in [1.29, 1.82) is 0 Å². The van der Waals surface area contributed by atoms with Crippen molar-refractivity contribution in [3.8, 4) is 5.69 Å². The maximum absolute atomic E-state index is 10.8. The molecule has 136 valence electrons. The predicted octanol–water partition coefficient (Wildman–Crippen LogP) is 5.38. The molecule has 3 aromatic rings. The van der Waals surface area contributed by atoms with E-state index in [2.05, 4.69) is 15.3 Å². The van der Waals surface area contributed by atoms with Gasteiger partial charge < -0.3 is 0 Å². The van der Waals surface area contributed by atoms with Crippen molar-refractivity contribution in [3.63, 3.8) is 0 Å². The molecule has 2 unspecified atom stereocenters. The SMILES string of the molecule is Cc1nn(-c2ccccc2)c(Cl)c1C1CC(c2ccc([N+](=O)[O-])cc2)N=N1. The van der Waals surface area contributed by atoms with Crippen LogP contribution >= 0.6 is 11.6 Å². The van der Waals surface area contributed by atoms with Crippen molar-refractivity contribution < 1.29 is 4.92 Å². The topological polar surface area (TPSA) is 85.7 Å². The number of hydrogen-bond acceptors (Lipinski definition) is 5. The minimum Gasteiger partial charge on any atom is -0.258 e. The van der Waals surface area contributed by atoms with Crippen LogP contribution in [0.1, 0.15) is 35.3 Å². The summed E-state index contributed by atoms with van der Waals surface area (Å²) in [5, 5.41) is 24.7. The quantitative estimate of drug-likeness (QED) is 0.449. The summed E-state index contributed by atoms with van der Waals surface area (Å²) in [6.45, 7) is 1.91. The molecule has 0 aliphatic carbocycles. The molecule has 0 amide bonds. The molecule has 1 aromatic heterocycles. The molecule has 8 heteroatoms. The van der Waals surface area contributed by atoms with Gasteiger partial charge in [0.15, 0.2) is 0 Å². The van der Waals surface area contributed by atoms with Gasteiger partial charge in [-0.3, -0.25) is 10.1 Å². The van der Waals surface area contributed by atoms with Gasteiger partial charge in [-0.1, -0.05) is 29.8 Å². The maximum Gasteiger partial charge on any atom is 0.269 e. The Labute approximate surface area is 160 Å². The number of rotatable bonds is 4. The summed E-state index contributed by atoms with van der Waals surface area (Å²) in [7, 11) is 0. The minimum atomic E-state index is -0.413. The van der Waals surface area contributed by atoms with Gasteiger partial charge in [0.2, 0.25) is 0 Å². The highest BCUT2D eigenvalue weighted by molar-refractivity contribution is 6.30. The minimum absolute atomic E-state index is 0.0632. The lowest BCUT2D eigenvalue weighted by molar-refractivity contribution is -0.384. The number of nitrogens with zero attached hydrogens (tertiary/aromatic N) is 5. The summed E-state index contributed by atoms with van der Waals surface area (Å²) in [5.41, 5.74) is 3.54. The van der Waals surface area contributed by atoms with Crippen molar-refractivity contribution in [2.75, 3.05) is 0 Å². The second-order valence-electron chi connectivity index (χ2n) is 6.38. The average Bonchev–Trinajstić information content (AvgIpc) is 3.27. The Morgan fingerprint density at radius 2 is 1.74 bits per heavy atom. The summed E-state index contributed by atoms with van der Waals surface area (Å²) >= 11 is 6.62. The lowest BCUT2D eigenvalue weighted by Crippen LogP contribution is -1.99. The third kappa shape index (κ3) is 3.21. The summed E-state index contributed by atoms with van der Waals surface area (Å²) in [5.74, 6) is 0. The fraction of sp³-hybridized carbons (Fsp3) is 0.211. The summed E-state index contributed by atoms with van der Waals surface area (Å²) in [4.78, 5) is 10.4. The van der Waals surface area contributed by atoms with Crippen LogP contribution in [0.15, 0.2) is 64.8 Å². The smallest absolute Gasteiger partial charge is 0.258 e. The van der Waals surface area contributed by atoms with E-state index in [1.54, 1.807) is 16.8 Å². The van der Waals surface area contributed by atoms with Crippen LogP contribution in [0.2, 0.25) is 5.15 Å². The number of nitro benzene ring substituents is 1. The van der Waals surface area contributed by atoms with E-state index in [4.69, 9.17) is 11.6 Å². The van der Waals surface area contributed by atoms with Crippen LogP contribution in [-0.2, 0) is 0 Å². The molecule has 27 heavy (non-hydrogen) atoms. The van der Waals surface area contributed by atoms with E-state index >= 15 is 0 Å². The molecule has 2 heterocycles. The molecular formula is C19H16ClN5O2. The van der Waals surface area contributed by atoms with E-state index in [0.29, 0.717) is 11.6 Å². The molecule has 0 saturated carbocycles. The average molecular weight is 382 g/mol. The van der Waals surface area contributed by atoms with Gasteiger partial charge in [-0.25, -0.2) is 4.68 Å². The third-order valence-electron chi connectivity index (χ3n) is 4.66. The third-order valence-corrected chi connectivity index (χ3v) is 5.03. The molecule has 2 aromatic carbocycles. The van der Waals surface area contributed by atoms with Gasteiger partial charge in [0, 0.05) is 24.1 Å². The van der Waals surface area contributed by atoms with Crippen LogP contribution in [0.25, 0.3) is 5.69 Å². The molecule has 0 bridgehead atoms. The lowest BCUT2D eigenvalue weighted by atomic mass is 9.97. The zero-order valence-electron chi connectivity index (χ0n) is 14.5. The normalized spacial score (nSPS) is 18.7. The molecule has 2 atom stereocenters. The lowest BCUT2D eigenvalue weighted by Gasteiger charge is -2.09. The second kappa shape index (κ2) is 6.92. The van der Waals surface area contributed by atoms with Gasteiger partial charge in [0.25, 0.3) is 5.69 Å². The molecule has 1 aliphatic rings. The maximum atomic E-state index is 10.8. The highest BCUT2D eigenvalue weighted by atomic mass is 35.5. The zero-order valence-corrected chi connectivity index (χ0v) is 15.2. The van der Waals surface area contributed by atoms with E-state index in [0.717, 1.165) is 22.5 Å². The second-order valence-corrected chi connectivity index (χ2v) is 6.74. The summed E-state index contributed by atoms with van der Waals surface area (Å²) in [6.07, 6.45) is 0.652. The van der Waals surface area contributed by atoms with Crippen LogP contribution in [0.5, 0.6) is 0 Å². The van der Waals surface area contributed by atoms with Crippen LogP contribution in [0.3, 0.4) is 0 Å². The molecular weight excluding hydrogens is 366 g/mol. The standard InChI is InChI=1S/C19H16ClN5O2/c1-12-18(19(20)24(23-12)14-5-3-2-4-6-14)17-11-16(21-22-17)13-7-9-15(10-8-13)25(26)27/h2-10,16-17H,11H2,1H3. The van der Waals surface area contributed by atoms with E-state index in [9.17, 15) is 10.1 Å². The van der Waals surface area contributed by atoms with Gasteiger partial charge in [0.1, 0.15) is 11.2 Å². The zero-order chi connectivity index (χ0) is 19.0. The van der Waals surface area contributed by atoms with Crippen molar-refractivity contribution in [2.45, 2.75) is 25.4 Å². The molecule has 0 N–H and O–H groups in total. The van der Waals surface area contributed by atoms with Gasteiger partial charge >= 0.3 is 0 Å². The number of para-hydroxylation sites is 1. The molecule has 4 rings (SSSR count).